The molecule has 0 spiro atoms. The quantitative estimate of drug-likeness (QED) is 0.501. The van der Waals surface area contributed by atoms with E-state index in [9.17, 15) is 19.5 Å². The van der Waals surface area contributed by atoms with Gasteiger partial charge in [0.1, 0.15) is 17.6 Å². The molecule has 22 heavy (non-hydrogen) atoms. The summed E-state index contributed by atoms with van der Waals surface area (Å²) in [6, 6.07) is 1.81. The van der Waals surface area contributed by atoms with E-state index in [0.717, 1.165) is 0 Å². The highest BCUT2D eigenvalue weighted by Crippen LogP contribution is 2.25. The lowest BCUT2D eigenvalue weighted by Gasteiger charge is -2.24. The Morgan fingerprint density at radius 2 is 2.09 bits per heavy atom. The van der Waals surface area contributed by atoms with Crippen LogP contribution in [0.3, 0.4) is 0 Å². The molecule has 1 aliphatic rings. The van der Waals surface area contributed by atoms with E-state index in [4.69, 9.17) is 5.73 Å². The summed E-state index contributed by atoms with van der Waals surface area (Å²) in [4.78, 5) is 40.2. The molecule has 1 fully saturated rings. The molecule has 1 aromatic heterocycles. The molecule has 3 rings (SSSR count). The number of hydrogen-bond acceptors (Lipinski definition) is 6. The second-order valence-electron chi connectivity index (χ2n) is 5.23. The average molecular weight is 302 g/mol. The van der Waals surface area contributed by atoms with E-state index in [-0.39, 0.29) is 41.1 Å². The summed E-state index contributed by atoms with van der Waals surface area (Å²) in [7, 11) is 0. The molecule has 1 saturated heterocycles. The van der Waals surface area contributed by atoms with Crippen LogP contribution in [0.4, 0.5) is 5.69 Å². The minimum atomic E-state index is -0.796. The second kappa shape index (κ2) is 4.83. The summed E-state index contributed by atoms with van der Waals surface area (Å²) < 4.78 is 1.25. The molecule has 0 aliphatic carbocycles. The molecule has 0 bridgehead atoms. The van der Waals surface area contributed by atoms with Gasteiger partial charge in [0, 0.05) is 18.6 Å². The van der Waals surface area contributed by atoms with Crippen molar-refractivity contribution in [2.75, 3.05) is 5.73 Å². The van der Waals surface area contributed by atoms with E-state index in [1.807, 2.05) is 0 Å². The zero-order valence-corrected chi connectivity index (χ0v) is 11.8. The Labute approximate surface area is 124 Å². The maximum absolute atomic E-state index is 12.7. The van der Waals surface area contributed by atoms with Crippen LogP contribution in [-0.2, 0) is 9.59 Å². The minimum absolute atomic E-state index is 0.0879. The third-order valence-electron chi connectivity index (χ3n) is 3.72. The summed E-state index contributed by atoms with van der Waals surface area (Å²) in [6.45, 7) is 1.59. The van der Waals surface area contributed by atoms with Crippen LogP contribution in [0.25, 0.3) is 10.9 Å². The normalized spacial score (nSPS) is 18.5. The maximum Gasteiger partial charge on any atom is 0.264 e. The number of fused-ring (bicyclic) bond motifs is 1. The number of nitrogen functional groups attached to an aromatic ring is 1. The van der Waals surface area contributed by atoms with Gasteiger partial charge < -0.3 is 10.8 Å². The third-order valence-corrected chi connectivity index (χ3v) is 3.72. The van der Waals surface area contributed by atoms with Crippen LogP contribution in [0, 0.1) is 6.92 Å². The van der Waals surface area contributed by atoms with Gasteiger partial charge in [0.2, 0.25) is 11.8 Å². The SMILES string of the molecule is Cc1nc2cc(O)cc(N)c2c(=O)n1C1CCC(=O)NC1=O. The van der Waals surface area contributed by atoms with E-state index in [0.29, 0.717) is 5.82 Å². The Morgan fingerprint density at radius 1 is 1.36 bits per heavy atom. The van der Waals surface area contributed by atoms with Gasteiger partial charge in [-0.3, -0.25) is 24.3 Å². The van der Waals surface area contributed by atoms with Crippen molar-refractivity contribution in [2.45, 2.75) is 25.8 Å². The lowest BCUT2D eigenvalue weighted by Crippen LogP contribution is -2.45. The third kappa shape index (κ3) is 2.09. The molecule has 2 heterocycles. The van der Waals surface area contributed by atoms with E-state index in [2.05, 4.69) is 10.3 Å². The van der Waals surface area contributed by atoms with Gasteiger partial charge in [0.25, 0.3) is 5.56 Å². The van der Waals surface area contributed by atoms with Gasteiger partial charge in [0.05, 0.1) is 16.6 Å². The van der Waals surface area contributed by atoms with Crippen LogP contribution >= 0.6 is 0 Å². The number of amides is 2. The summed E-state index contributed by atoms with van der Waals surface area (Å²) >= 11 is 0. The Hall–Kier alpha value is -2.90. The molecule has 0 radical (unpaired) electrons. The molecular weight excluding hydrogens is 288 g/mol. The summed E-state index contributed by atoms with van der Waals surface area (Å²) in [5.41, 5.74) is 5.69. The van der Waals surface area contributed by atoms with Gasteiger partial charge in [-0.2, -0.15) is 0 Å². The number of phenolic OH excluding ortho intramolecular Hbond substituents is 1. The first-order valence-corrected chi connectivity index (χ1v) is 6.73. The number of phenols is 1. The Kier molecular flexibility index (Phi) is 3.09. The van der Waals surface area contributed by atoms with Gasteiger partial charge in [-0.05, 0) is 13.3 Å². The highest BCUT2D eigenvalue weighted by molar-refractivity contribution is 5.99. The van der Waals surface area contributed by atoms with Crippen molar-refractivity contribution in [3.05, 3.63) is 28.3 Å². The fraction of sp³-hybridized carbons (Fsp3) is 0.286. The predicted octanol–water partition coefficient (Wildman–Crippen LogP) is -0.0296. The largest absolute Gasteiger partial charge is 0.508 e. The smallest absolute Gasteiger partial charge is 0.264 e. The van der Waals surface area contributed by atoms with Crippen LogP contribution in [0.15, 0.2) is 16.9 Å². The highest BCUT2D eigenvalue weighted by atomic mass is 16.3. The maximum atomic E-state index is 12.7. The molecule has 2 aromatic rings. The van der Waals surface area contributed by atoms with Crippen molar-refractivity contribution in [2.24, 2.45) is 0 Å². The second-order valence-corrected chi connectivity index (χ2v) is 5.23. The lowest BCUT2D eigenvalue weighted by molar-refractivity contribution is -0.135. The van der Waals surface area contributed by atoms with Crippen LogP contribution in [0.2, 0.25) is 0 Å². The number of carbonyl (C=O) groups is 2. The first-order chi connectivity index (χ1) is 10.4. The predicted molar refractivity (Wildman–Crippen MR) is 78.2 cm³/mol. The number of aromatic nitrogens is 2. The molecule has 0 saturated carbocycles. The van der Waals surface area contributed by atoms with Gasteiger partial charge in [-0.15, -0.1) is 0 Å². The van der Waals surface area contributed by atoms with Crippen LogP contribution in [-0.4, -0.2) is 26.5 Å². The van der Waals surface area contributed by atoms with Crippen molar-refractivity contribution < 1.29 is 14.7 Å². The van der Waals surface area contributed by atoms with Gasteiger partial charge in [0.15, 0.2) is 0 Å². The lowest BCUT2D eigenvalue weighted by atomic mass is 10.1. The number of nitrogens with one attached hydrogen (secondary N) is 1. The molecule has 1 atom stereocenters. The number of nitrogens with zero attached hydrogens (tertiary/aromatic N) is 2. The van der Waals surface area contributed by atoms with E-state index in [1.165, 1.54) is 16.7 Å². The monoisotopic (exact) mass is 302 g/mol. The Bertz CT molecular complexity index is 871. The number of benzene rings is 1. The Balaban J connectivity index is 2.25. The minimum Gasteiger partial charge on any atom is -0.508 e. The van der Waals surface area contributed by atoms with Crippen molar-refractivity contribution in [3.63, 3.8) is 0 Å². The molecular formula is C14H14N4O4. The first kappa shape index (κ1) is 14.1. The number of aromatic hydroxyl groups is 1. The summed E-state index contributed by atoms with van der Waals surface area (Å²) in [5, 5.41) is 11.9. The molecule has 8 heteroatoms. The van der Waals surface area contributed by atoms with Crippen molar-refractivity contribution in [3.8, 4) is 5.75 Å². The fourth-order valence-corrected chi connectivity index (χ4v) is 2.75. The Morgan fingerprint density at radius 3 is 2.77 bits per heavy atom. The zero-order chi connectivity index (χ0) is 16.0. The van der Waals surface area contributed by atoms with E-state index >= 15 is 0 Å². The van der Waals surface area contributed by atoms with Crippen LogP contribution in [0.1, 0.15) is 24.7 Å². The molecule has 1 aromatic carbocycles. The number of piperidine rings is 1. The van der Waals surface area contributed by atoms with Crippen molar-refractivity contribution >= 4 is 28.4 Å². The summed E-state index contributed by atoms with van der Waals surface area (Å²) in [5.74, 6) is -0.655. The average Bonchev–Trinajstić information content (AvgIpc) is 2.39. The molecule has 114 valence electrons. The topological polar surface area (TPSA) is 127 Å². The number of carbonyl (C=O) groups excluding carboxylic acids is 2. The van der Waals surface area contributed by atoms with Crippen molar-refractivity contribution in [1.29, 1.82) is 0 Å². The fourth-order valence-electron chi connectivity index (χ4n) is 2.75. The van der Waals surface area contributed by atoms with E-state index in [1.54, 1.807) is 6.92 Å². The molecule has 8 nitrogen and oxygen atoms in total. The molecule has 4 N–H and O–H groups in total. The number of nitrogens with two attached hydrogens (primary N) is 1. The zero-order valence-electron chi connectivity index (χ0n) is 11.8. The van der Waals surface area contributed by atoms with Crippen molar-refractivity contribution in [1.82, 2.24) is 14.9 Å². The van der Waals surface area contributed by atoms with Gasteiger partial charge >= 0.3 is 0 Å². The number of rotatable bonds is 1. The number of anilines is 1. The molecule has 1 aliphatic heterocycles. The number of aryl methyl sites for hydroxylation is 1. The highest BCUT2D eigenvalue weighted by Gasteiger charge is 2.30. The van der Waals surface area contributed by atoms with Crippen LogP contribution < -0.4 is 16.6 Å². The van der Waals surface area contributed by atoms with E-state index < -0.39 is 17.5 Å². The summed E-state index contributed by atoms with van der Waals surface area (Å²) in [6.07, 6.45) is 0.391. The van der Waals surface area contributed by atoms with Crippen LogP contribution in [0.5, 0.6) is 5.75 Å². The first-order valence-electron chi connectivity index (χ1n) is 6.73. The standard InChI is InChI=1S/C14H14N4O4/c1-6-16-9-5-7(19)4-8(15)12(9)14(22)18(6)10-2-3-11(20)17-13(10)21/h4-5,10,19H,2-3,15H2,1H3,(H,17,20,21). The van der Waals surface area contributed by atoms with Gasteiger partial charge in [-0.25, -0.2) is 4.98 Å². The number of imide groups is 1. The van der Waals surface area contributed by atoms with Gasteiger partial charge in [-0.1, -0.05) is 0 Å². The number of hydrogen-bond donors (Lipinski definition) is 3. The molecule has 1 unspecified atom stereocenters. The molecule has 2 amide bonds.